The van der Waals surface area contributed by atoms with Gasteiger partial charge in [-0.1, -0.05) is 29.8 Å². The normalized spacial score (nSPS) is 12.3. The molecule has 1 aromatic heterocycles. The zero-order chi connectivity index (χ0) is 16.4. The summed E-state index contributed by atoms with van der Waals surface area (Å²) in [6.07, 6.45) is 1.23. The van der Waals surface area contributed by atoms with Crippen LogP contribution in [0.2, 0.25) is 5.02 Å². The lowest BCUT2D eigenvalue weighted by Gasteiger charge is -2.02. The first kappa shape index (κ1) is 15.3. The van der Waals surface area contributed by atoms with Crippen LogP contribution in [0.3, 0.4) is 0 Å². The summed E-state index contributed by atoms with van der Waals surface area (Å²) >= 11 is 5.76. The van der Waals surface area contributed by atoms with Gasteiger partial charge in [0.15, 0.2) is 4.91 Å². The molecule has 0 saturated heterocycles. The minimum absolute atomic E-state index is 0.00538. The first-order valence-corrected chi connectivity index (χ1v) is 8.48. The molecule has 0 aliphatic carbocycles. The van der Waals surface area contributed by atoms with Gasteiger partial charge in [0.25, 0.3) is 0 Å². The molecule has 0 spiro atoms. The number of para-hydroxylation sites is 1. The Morgan fingerprint density at radius 2 is 1.83 bits per heavy atom. The highest BCUT2D eigenvalue weighted by Gasteiger charge is 2.21. The number of fused-ring (bicyclic) bond motifs is 1. The van der Waals surface area contributed by atoms with E-state index in [0.717, 1.165) is 5.39 Å². The molecule has 0 N–H and O–H groups in total. The first-order chi connectivity index (χ1) is 11.0. The van der Waals surface area contributed by atoms with E-state index >= 15 is 0 Å². The molecule has 0 radical (unpaired) electrons. The van der Waals surface area contributed by atoms with Crippen LogP contribution in [0.15, 0.2) is 68.8 Å². The maximum atomic E-state index is 12.5. The Bertz CT molecular complexity index is 1010. The van der Waals surface area contributed by atoms with E-state index in [1.165, 1.54) is 30.3 Å². The van der Waals surface area contributed by atoms with Crippen LogP contribution < -0.4 is 0 Å². The zero-order valence-corrected chi connectivity index (χ0v) is 13.3. The number of allylic oxidation sites excluding steroid dienone is 1. The molecule has 0 aliphatic heterocycles. The van der Waals surface area contributed by atoms with E-state index in [4.69, 9.17) is 16.0 Å². The summed E-state index contributed by atoms with van der Waals surface area (Å²) < 4.78 is 30.6. The SMILES string of the molecule is N#CC(=Cc1cc2ccccc2o1)S(=O)(=O)c1ccc(Cl)cc1. The van der Waals surface area contributed by atoms with Crippen LogP contribution in [0.4, 0.5) is 0 Å². The summed E-state index contributed by atoms with van der Waals surface area (Å²) in [5.41, 5.74) is 0.625. The van der Waals surface area contributed by atoms with Crippen LogP contribution in [-0.2, 0) is 9.84 Å². The Balaban J connectivity index is 2.07. The van der Waals surface area contributed by atoms with Gasteiger partial charge in [-0.25, -0.2) is 8.42 Å². The molecular formula is C17H10ClNO3S. The third kappa shape index (κ3) is 3.00. The standard InChI is InChI=1S/C17H10ClNO3S/c18-13-5-7-15(8-6-13)23(20,21)16(11-19)10-14-9-12-3-1-2-4-17(12)22-14/h1-10H. The minimum atomic E-state index is -3.92. The fraction of sp³-hybridized carbons (Fsp3) is 0. The van der Waals surface area contributed by atoms with Gasteiger partial charge in [-0.05, 0) is 36.4 Å². The van der Waals surface area contributed by atoms with E-state index in [-0.39, 0.29) is 9.80 Å². The summed E-state index contributed by atoms with van der Waals surface area (Å²) in [4.78, 5) is -0.385. The Labute approximate surface area is 138 Å². The van der Waals surface area contributed by atoms with Crippen molar-refractivity contribution in [2.75, 3.05) is 0 Å². The molecule has 114 valence electrons. The number of sulfone groups is 1. The van der Waals surface area contributed by atoms with Crippen molar-refractivity contribution in [3.63, 3.8) is 0 Å². The van der Waals surface area contributed by atoms with Crippen molar-refractivity contribution in [1.29, 1.82) is 5.26 Å². The van der Waals surface area contributed by atoms with Crippen molar-refractivity contribution in [2.24, 2.45) is 0 Å². The Kier molecular flexibility index (Phi) is 3.95. The zero-order valence-electron chi connectivity index (χ0n) is 11.7. The molecule has 4 nitrogen and oxygen atoms in total. The summed E-state index contributed by atoms with van der Waals surface area (Å²) in [6, 6.07) is 16.3. The number of benzene rings is 2. The Morgan fingerprint density at radius 3 is 2.48 bits per heavy atom. The van der Waals surface area contributed by atoms with Crippen LogP contribution in [0.5, 0.6) is 0 Å². The fourth-order valence-electron chi connectivity index (χ4n) is 2.11. The maximum Gasteiger partial charge on any atom is 0.216 e. The van der Waals surface area contributed by atoms with Crippen molar-refractivity contribution in [3.05, 3.63) is 70.3 Å². The number of furan rings is 1. The van der Waals surface area contributed by atoms with Gasteiger partial charge in [-0.3, -0.25) is 0 Å². The van der Waals surface area contributed by atoms with E-state index in [2.05, 4.69) is 0 Å². The van der Waals surface area contributed by atoms with Gasteiger partial charge >= 0.3 is 0 Å². The topological polar surface area (TPSA) is 71.1 Å². The molecule has 0 fully saturated rings. The molecule has 2 aromatic carbocycles. The predicted molar refractivity (Wildman–Crippen MR) is 88.4 cm³/mol. The number of hydrogen-bond donors (Lipinski definition) is 0. The monoisotopic (exact) mass is 343 g/mol. The van der Waals surface area contributed by atoms with Gasteiger partial charge in [-0.2, -0.15) is 5.26 Å². The second-order valence-corrected chi connectivity index (χ2v) is 7.12. The van der Waals surface area contributed by atoms with Gasteiger partial charge in [0.05, 0.1) is 4.90 Å². The fourth-order valence-corrected chi connectivity index (χ4v) is 3.38. The Morgan fingerprint density at radius 1 is 1.13 bits per heavy atom. The van der Waals surface area contributed by atoms with E-state index in [1.807, 2.05) is 18.2 Å². The van der Waals surface area contributed by atoms with E-state index in [1.54, 1.807) is 18.2 Å². The molecule has 1 heterocycles. The number of rotatable bonds is 3. The molecule has 0 atom stereocenters. The molecule has 3 rings (SSSR count). The molecule has 0 unspecified atom stereocenters. The second kappa shape index (κ2) is 5.92. The largest absolute Gasteiger partial charge is 0.457 e. The van der Waals surface area contributed by atoms with Gasteiger partial charge in [0.2, 0.25) is 9.84 Å². The number of nitrogens with zero attached hydrogens (tertiary/aromatic N) is 1. The lowest BCUT2D eigenvalue weighted by molar-refractivity contribution is 0.599. The van der Waals surface area contributed by atoms with Crippen LogP contribution in [0, 0.1) is 11.3 Å². The summed E-state index contributed by atoms with van der Waals surface area (Å²) in [5, 5.41) is 10.5. The summed E-state index contributed by atoms with van der Waals surface area (Å²) in [6.45, 7) is 0. The van der Waals surface area contributed by atoms with Crippen molar-refractivity contribution in [3.8, 4) is 6.07 Å². The third-order valence-corrected chi connectivity index (χ3v) is 5.17. The lowest BCUT2D eigenvalue weighted by Crippen LogP contribution is -2.03. The molecule has 3 aromatic rings. The molecule has 6 heteroatoms. The van der Waals surface area contributed by atoms with Gasteiger partial charge in [-0.15, -0.1) is 0 Å². The quantitative estimate of drug-likeness (QED) is 0.660. The van der Waals surface area contributed by atoms with Crippen LogP contribution >= 0.6 is 11.6 Å². The maximum absolute atomic E-state index is 12.5. The second-order valence-electron chi connectivity index (χ2n) is 4.76. The van der Waals surface area contributed by atoms with Gasteiger partial charge < -0.3 is 4.42 Å². The molecule has 0 saturated carbocycles. The number of halogens is 1. The molecular weight excluding hydrogens is 334 g/mol. The first-order valence-electron chi connectivity index (χ1n) is 6.62. The van der Waals surface area contributed by atoms with E-state index in [0.29, 0.717) is 16.4 Å². The van der Waals surface area contributed by atoms with Gasteiger partial charge in [0, 0.05) is 16.5 Å². The molecule has 23 heavy (non-hydrogen) atoms. The van der Waals surface area contributed by atoms with Crippen LogP contribution in [-0.4, -0.2) is 8.42 Å². The highest BCUT2D eigenvalue weighted by Crippen LogP contribution is 2.25. The van der Waals surface area contributed by atoms with Crippen molar-refractivity contribution >= 4 is 38.5 Å². The summed E-state index contributed by atoms with van der Waals surface area (Å²) in [5.74, 6) is 0.306. The van der Waals surface area contributed by atoms with Crippen molar-refractivity contribution in [2.45, 2.75) is 4.90 Å². The molecule has 0 aliphatic rings. The van der Waals surface area contributed by atoms with Crippen molar-refractivity contribution in [1.82, 2.24) is 0 Å². The van der Waals surface area contributed by atoms with E-state index in [9.17, 15) is 13.7 Å². The van der Waals surface area contributed by atoms with Crippen LogP contribution in [0.1, 0.15) is 5.76 Å². The molecule has 0 bridgehead atoms. The van der Waals surface area contributed by atoms with E-state index < -0.39 is 9.84 Å². The predicted octanol–water partition coefficient (Wildman–Crippen LogP) is 4.42. The number of hydrogen-bond acceptors (Lipinski definition) is 4. The van der Waals surface area contributed by atoms with Crippen molar-refractivity contribution < 1.29 is 12.8 Å². The lowest BCUT2D eigenvalue weighted by atomic mass is 10.2. The summed E-state index contributed by atoms with van der Waals surface area (Å²) in [7, 11) is -3.92. The minimum Gasteiger partial charge on any atom is -0.457 e. The Hall–Kier alpha value is -2.55. The van der Waals surface area contributed by atoms with Crippen LogP contribution in [0.25, 0.3) is 17.0 Å². The third-order valence-electron chi connectivity index (χ3n) is 3.24. The average Bonchev–Trinajstić information content (AvgIpc) is 2.95. The molecule has 0 amide bonds. The van der Waals surface area contributed by atoms with Gasteiger partial charge in [0.1, 0.15) is 17.4 Å². The number of nitriles is 1. The average molecular weight is 344 g/mol. The highest BCUT2D eigenvalue weighted by molar-refractivity contribution is 7.95. The highest BCUT2D eigenvalue weighted by atomic mass is 35.5. The smallest absolute Gasteiger partial charge is 0.216 e.